The number of halogens is 2. The van der Waals surface area contributed by atoms with Crippen LogP contribution in [-0.2, 0) is 17.9 Å². The molecular formula is C29H21I2NO3S. The molecule has 0 aromatic heterocycles. The topological polar surface area (TPSA) is 46.6 Å². The normalized spacial score (nSPS) is 14.8. The molecule has 7 heteroatoms. The number of thioether (sulfide) groups is 1. The third-order valence-corrected chi connectivity index (χ3v) is 8.41. The number of hydrogen-bond acceptors (Lipinski definition) is 4. The van der Waals surface area contributed by atoms with E-state index in [2.05, 4.69) is 76.4 Å². The molecule has 5 rings (SSSR count). The highest BCUT2D eigenvalue weighted by atomic mass is 127. The minimum absolute atomic E-state index is 0.248. The first-order valence-corrected chi connectivity index (χ1v) is 14.3. The number of aryl methyl sites for hydroxylation is 1. The summed E-state index contributed by atoms with van der Waals surface area (Å²) in [4.78, 5) is 27.7. The Kier molecular flexibility index (Phi) is 7.68. The van der Waals surface area contributed by atoms with Crippen molar-refractivity contribution in [2.45, 2.75) is 20.1 Å². The Labute approximate surface area is 241 Å². The molecule has 0 unspecified atom stereocenters. The van der Waals surface area contributed by atoms with E-state index >= 15 is 0 Å². The zero-order valence-corrected chi connectivity index (χ0v) is 24.5. The van der Waals surface area contributed by atoms with Crippen molar-refractivity contribution in [3.05, 3.63) is 113 Å². The van der Waals surface area contributed by atoms with Crippen molar-refractivity contribution in [1.82, 2.24) is 4.90 Å². The molecule has 1 heterocycles. The smallest absolute Gasteiger partial charge is 0.293 e. The second-order valence-electron chi connectivity index (χ2n) is 8.49. The van der Waals surface area contributed by atoms with Gasteiger partial charge in [-0.25, -0.2) is 0 Å². The molecule has 1 aliphatic rings. The van der Waals surface area contributed by atoms with Crippen LogP contribution < -0.4 is 4.74 Å². The Morgan fingerprint density at radius 3 is 2.36 bits per heavy atom. The highest BCUT2D eigenvalue weighted by Crippen LogP contribution is 2.36. The van der Waals surface area contributed by atoms with Crippen molar-refractivity contribution in [2.24, 2.45) is 0 Å². The number of fused-ring (bicyclic) bond motifs is 1. The predicted octanol–water partition coefficient (Wildman–Crippen LogP) is 8.17. The number of carbonyl (C=O) groups is 2. The third-order valence-electron chi connectivity index (χ3n) is 5.90. The number of hydrogen-bond donors (Lipinski definition) is 0. The summed E-state index contributed by atoms with van der Waals surface area (Å²) in [5.74, 6) is 0.556. The molecule has 0 bridgehead atoms. The summed E-state index contributed by atoms with van der Waals surface area (Å²) in [7, 11) is 0. The fourth-order valence-electron chi connectivity index (χ4n) is 4.03. The fraction of sp³-hybridized carbons (Fsp3) is 0.103. The van der Waals surface area contributed by atoms with Gasteiger partial charge in [0.25, 0.3) is 11.1 Å². The molecule has 4 nitrogen and oxygen atoms in total. The second kappa shape index (κ2) is 10.9. The number of benzene rings is 4. The molecule has 4 aromatic carbocycles. The summed E-state index contributed by atoms with van der Waals surface area (Å²) in [5.41, 5.74) is 4.14. The number of ether oxygens (including phenoxy) is 1. The number of rotatable bonds is 6. The number of carbonyl (C=O) groups excluding carboxylic acids is 2. The van der Waals surface area contributed by atoms with E-state index < -0.39 is 0 Å². The van der Waals surface area contributed by atoms with Crippen LogP contribution in [-0.4, -0.2) is 16.0 Å². The second-order valence-corrected chi connectivity index (χ2v) is 11.8. The average Bonchev–Trinajstić information content (AvgIpc) is 3.12. The Morgan fingerprint density at radius 2 is 1.61 bits per heavy atom. The molecule has 2 amide bonds. The molecule has 0 atom stereocenters. The van der Waals surface area contributed by atoms with Gasteiger partial charge in [0.15, 0.2) is 0 Å². The first kappa shape index (κ1) is 25.3. The molecule has 0 spiro atoms. The van der Waals surface area contributed by atoms with Gasteiger partial charge in [0.1, 0.15) is 12.4 Å². The molecule has 1 aliphatic heterocycles. The van der Waals surface area contributed by atoms with Crippen LogP contribution in [0.3, 0.4) is 0 Å². The largest absolute Gasteiger partial charge is 0.487 e. The van der Waals surface area contributed by atoms with Gasteiger partial charge in [0.2, 0.25) is 0 Å². The number of amides is 2. The van der Waals surface area contributed by atoms with E-state index in [1.54, 1.807) is 6.08 Å². The standard InChI is InChI=1S/C29H21I2NO3S/c1-18-9-11-19(12-10-18)17-35-27-24(30)13-20(14-25(27)31)15-26-28(33)32(29(34)36-26)16-22-7-4-6-21-5-2-3-8-23(21)22/h2-15H,16-17H2,1H3/b26-15-. The minimum atomic E-state index is -0.261. The Balaban J connectivity index is 1.34. The van der Waals surface area contributed by atoms with Gasteiger partial charge in [-0.3, -0.25) is 14.5 Å². The summed E-state index contributed by atoms with van der Waals surface area (Å²) in [6, 6.07) is 26.2. The first-order valence-electron chi connectivity index (χ1n) is 11.3. The molecule has 1 saturated heterocycles. The van der Waals surface area contributed by atoms with Crippen LogP contribution in [0.1, 0.15) is 22.3 Å². The van der Waals surface area contributed by atoms with Crippen molar-refractivity contribution in [3.63, 3.8) is 0 Å². The van der Waals surface area contributed by atoms with Gasteiger partial charge in [-0.05, 0) is 110 Å². The van der Waals surface area contributed by atoms with Crippen molar-refractivity contribution in [3.8, 4) is 5.75 Å². The molecule has 0 radical (unpaired) electrons. The Bertz CT molecular complexity index is 1490. The van der Waals surface area contributed by atoms with Gasteiger partial charge in [-0.1, -0.05) is 72.3 Å². The van der Waals surface area contributed by atoms with E-state index in [0.717, 1.165) is 52.1 Å². The van der Waals surface area contributed by atoms with Gasteiger partial charge >= 0.3 is 0 Å². The lowest BCUT2D eigenvalue weighted by Crippen LogP contribution is -2.27. The summed E-state index contributed by atoms with van der Waals surface area (Å²) in [6.45, 7) is 2.80. The maximum Gasteiger partial charge on any atom is 0.293 e. The lowest BCUT2D eigenvalue weighted by Gasteiger charge is -2.14. The van der Waals surface area contributed by atoms with Gasteiger partial charge in [-0.2, -0.15) is 0 Å². The average molecular weight is 717 g/mol. The monoisotopic (exact) mass is 717 g/mol. The van der Waals surface area contributed by atoms with Crippen LogP contribution in [0.25, 0.3) is 16.8 Å². The molecule has 36 heavy (non-hydrogen) atoms. The van der Waals surface area contributed by atoms with Gasteiger partial charge in [0, 0.05) is 0 Å². The van der Waals surface area contributed by atoms with Crippen molar-refractivity contribution < 1.29 is 14.3 Å². The maximum absolute atomic E-state index is 13.2. The van der Waals surface area contributed by atoms with E-state index in [-0.39, 0.29) is 17.7 Å². The van der Waals surface area contributed by atoms with Crippen LogP contribution in [0, 0.1) is 14.1 Å². The van der Waals surface area contributed by atoms with Crippen LogP contribution in [0.4, 0.5) is 4.79 Å². The third kappa shape index (κ3) is 5.47. The number of nitrogens with zero attached hydrogens (tertiary/aromatic N) is 1. The molecule has 4 aromatic rings. The van der Waals surface area contributed by atoms with E-state index in [1.807, 2.05) is 54.6 Å². The van der Waals surface area contributed by atoms with E-state index in [1.165, 1.54) is 10.5 Å². The zero-order chi connectivity index (χ0) is 25.2. The van der Waals surface area contributed by atoms with Crippen molar-refractivity contribution in [2.75, 3.05) is 0 Å². The lowest BCUT2D eigenvalue weighted by atomic mass is 10.0. The highest BCUT2D eigenvalue weighted by molar-refractivity contribution is 14.1. The summed E-state index contributed by atoms with van der Waals surface area (Å²) in [5, 5.41) is 1.89. The van der Waals surface area contributed by atoms with Gasteiger partial charge in [0.05, 0.1) is 18.6 Å². The van der Waals surface area contributed by atoms with Gasteiger partial charge in [-0.15, -0.1) is 0 Å². The predicted molar refractivity (Wildman–Crippen MR) is 163 cm³/mol. The quantitative estimate of drug-likeness (QED) is 0.149. The summed E-state index contributed by atoms with van der Waals surface area (Å²) < 4.78 is 8.01. The van der Waals surface area contributed by atoms with E-state index in [0.29, 0.717) is 11.5 Å². The Hall–Kier alpha value is -2.37. The molecule has 0 aliphatic carbocycles. The van der Waals surface area contributed by atoms with Crippen LogP contribution in [0.2, 0.25) is 0 Å². The fourth-order valence-corrected chi connectivity index (χ4v) is 6.99. The van der Waals surface area contributed by atoms with E-state index in [9.17, 15) is 9.59 Å². The molecule has 180 valence electrons. The van der Waals surface area contributed by atoms with Crippen molar-refractivity contribution in [1.29, 1.82) is 0 Å². The van der Waals surface area contributed by atoms with Crippen LogP contribution in [0.15, 0.2) is 83.8 Å². The van der Waals surface area contributed by atoms with Gasteiger partial charge < -0.3 is 4.74 Å². The number of imide groups is 1. The molecule has 1 fully saturated rings. The van der Waals surface area contributed by atoms with Crippen LogP contribution >= 0.6 is 56.9 Å². The molecule has 0 saturated carbocycles. The van der Waals surface area contributed by atoms with Crippen LogP contribution in [0.5, 0.6) is 5.75 Å². The highest BCUT2D eigenvalue weighted by Gasteiger charge is 2.35. The Morgan fingerprint density at radius 1 is 0.917 bits per heavy atom. The summed E-state index contributed by atoms with van der Waals surface area (Å²) >= 11 is 5.50. The van der Waals surface area contributed by atoms with E-state index in [4.69, 9.17) is 4.74 Å². The SMILES string of the molecule is Cc1ccc(COc2c(I)cc(/C=C3\SC(=O)N(Cc4cccc5ccccc45)C3=O)cc2I)cc1. The minimum Gasteiger partial charge on any atom is -0.487 e. The molecule has 0 N–H and O–H groups in total. The molecular weight excluding hydrogens is 696 g/mol. The maximum atomic E-state index is 13.2. The lowest BCUT2D eigenvalue weighted by molar-refractivity contribution is -0.123. The summed E-state index contributed by atoms with van der Waals surface area (Å²) in [6.07, 6.45) is 1.79. The van der Waals surface area contributed by atoms with Crippen molar-refractivity contribution >= 4 is 84.9 Å². The first-order chi connectivity index (χ1) is 17.4. The zero-order valence-electron chi connectivity index (χ0n) is 19.3.